The van der Waals surface area contributed by atoms with E-state index in [1.54, 1.807) is 29.7 Å². The highest BCUT2D eigenvalue weighted by molar-refractivity contribution is 9.10. The lowest BCUT2D eigenvalue weighted by atomic mass is 10.2. The summed E-state index contributed by atoms with van der Waals surface area (Å²) < 4.78 is 0.966. The Morgan fingerprint density at radius 2 is 2.13 bits per heavy atom. The number of amidine groups is 1. The zero-order valence-corrected chi connectivity index (χ0v) is 15.8. The fraction of sp³-hybridized carbons (Fsp3) is 0.176. The van der Waals surface area contributed by atoms with Gasteiger partial charge < -0.3 is 5.32 Å². The number of nitrogens with one attached hydrogen (secondary N) is 1. The summed E-state index contributed by atoms with van der Waals surface area (Å²) in [5.74, 6) is 0.835. The van der Waals surface area contributed by atoms with Crippen molar-refractivity contribution in [2.24, 2.45) is 4.99 Å². The van der Waals surface area contributed by atoms with Crippen LogP contribution >= 0.6 is 39.5 Å². The van der Waals surface area contributed by atoms with Crippen molar-refractivity contribution in [1.82, 2.24) is 4.98 Å². The Hall–Kier alpha value is -1.24. The number of nitrogens with zero attached hydrogens (tertiary/aromatic N) is 2. The summed E-state index contributed by atoms with van der Waals surface area (Å²) in [6.07, 6.45) is 2.86. The molecular weight excluding hydrogens is 390 g/mol. The van der Waals surface area contributed by atoms with Crippen molar-refractivity contribution in [3.63, 3.8) is 0 Å². The molecule has 0 bridgehead atoms. The fourth-order valence-corrected chi connectivity index (χ4v) is 4.19. The first kappa shape index (κ1) is 16.6. The van der Waals surface area contributed by atoms with Crippen LogP contribution in [0.15, 0.2) is 72.8 Å². The number of pyridine rings is 1. The van der Waals surface area contributed by atoms with Crippen LogP contribution in [0.3, 0.4) is 0 Å². The van der Waals surface area contributed by atoms with Crippen LogP contribution in [0.4, 0.5) is 5.82 Å². The lowest BCUT2D eigenvalue weighted by Crippen LogP contribution is -2.13. The highest BCUT2D eigenvalue weighted by Crippen LogP contribution is 2.34. The molecule has 0 amide bonds. The normalized spacial score (nSPS) is 14.2. The summed E-state index contributed by atoms with van der Waals surface area (Å²) in [6, 6.07) is 12.4. The molecule has 1 aromatic heterocycles. The monoisotopic (exact) mass is 405 g/mol. The Labute approximate surface area is 153 Å². The Kier molecular flexibility index (Phi) is 5.80. The third-order valence-corrected chi connectivity index (χ3v) is 5.61. The number of rotatable bonds is 4. The van der Waals surface area contributed by atoms with E-state index < -0.39 is 0 Å². The van der Waals surface area contributed by atoms with Gasteiger partial charge in [-0.15, -0.1) is 0 Å². The molecule has 1 aliphatic heterocycles. The predicted molar refractivity (Wildman–Crippen MR) is 104 cm³/mol. The SMILES string of the molecule is CCC1=CSC(Nc2ncc(Br)cc2Sc2ccccc2)=NC1. The van der Waals surface area contributed by atoms with Gasteiger partial charge in [0.05, 0.1) is 11.4 Å². The first-order valence-corrected chi connectivity index (χ1v) is 9.78. The van der Waals surface area contributed by atoms with Gasteiger partial charge in [0.25, 0.3) is 0 Å². The van der Waals surface area contributed by atoms with Gasteiger partial charge in [0.2, 0.25) is 0 Å². The molecule has 23 heavy (non-hydrogen) atoms. The maximum absolute atomic E-state index is 4.59. The van der Waals surface area contributed by atoms with E-state index in [4.69, 9.17) is 0 Å². The van der Waals surface area contributed by atoms with Gasteiger partial charge in [0.15, 0.2) is 5.17 Å². The number of aromatic nitrogens is 1. The lowest BCUT2D eigenvalue weighted by Gasteiger charge is -2.15. The highest BCUT2D eigenvalue weighted by Gasteiger charge is 2.12. The maximum Gasteiger partial charge on any atom is 0.166 e. The first-order valence-electron chi connectivity index (χ1n) is 7.29. The van der Waals surface area contributed by atoms with Crippen LogP contribution in [0.25, 0.3) is 0 Å². The smallest absolute Gasteiger partial charge is 0.166 e. The number of hydrogen-bond acceptors (Lipinski definition) is 5. The van der Waals surface area contributed by atoms with Crippen LogP contribution in [0.5, 0.6) is 0 Å². The molecule has 0 fully saturated rings. The summed E-state index contributed by atoms with van der Waals surface area (Å²) in [5, 5.41) is 6.43. The van der Waals surface area contributed by atoms with Crippen LogP contribution in [-0.4, -0.2) is 16.7 Å². The van der Waals surface area contributed by atoms with E-state index in [0.717, 1.165) is 33.3 Å². The lowest BCUT2D eigenvalue weighted by molar-refractivity contribution is 1.01. The van der Waals surface area contributed by atoms with Crippen LogP contribution in [0.1, 0.15) is 13.3 Å². The minimum atomic E-state index is 0.767. The van der Waals surface area contributed by atoms with Crippen molar-refractivity contribution in [1.29, 1.82) is 0 Å². The third-order valence-electron chi connectivity index (χ3n) is 3.23. The molecule has 0 aliphatic carbocycles. The second-order valence-electron chi connectivity index (χ2n) is 4.91. The van der Waals surface area contributed by atoms with Crippen molar-refractivity contribution in [2.45, 2.75) is 23.1 Å². The summed E-state index contributed by atoms with van der Waals surface area (Å²) in [7, 11) is 0. The number of thioether (sulfide) groups is 1. The second-order valence-corrected chi connectivity index (χ2v) is 7.80. The zero-order valence-electron chi connectivity index (χ0n) is 12.6. The summed E-state index contributed by atoms with van der Waals surface area (Å²) in [4.78, 5) is 11.4. The Morgan fingerprint density at radius 1 is 1.30 bits per heavy atom. The Balaban J connectivity index is 1.78. The summed E-state index contributed by atoms with van der Waals surface area (Å²) >= 11 is 6.82. The molecular formula is C17H16BrN3S2. The Morgan fingerprint density at radius 3 is 2.83 bits per heavy atom. The van der Waals surface area contributed by atoms with E-state index in [9.17, 15) is 0 Å². The molecule has 6 heteroatoms. The van der Waals surface area contributed by atoms with E-state index >= 15 is 0 Å². The third kappa shape index (κ3) is 4.62. The molecule has 2 heterocycles. The molecule has 3 nitrogen and oxygen atoms in total. The van der Waals surface area contributed by atoms with E-state index in [1.165, 1.54) is 10.5 Å². The number of anilines is 1. The van der Waals surface area contributed by atoms with Gasteiger partial charge in [-0.05, 0) is 51.5 Å². The maximum atomic E-state index is 4.59. The van der Waals surface area contributed by atoms with Crippen LogP contribution < -0.4 is 5.32 Å². The van der Waals surface area contributed by atoms with Crippen molar-refractivity contribution in [3.05, 3.63) is 58.0 Å². The van der Waals surface area contributed by atoms with Crippen LogP contribution in [0, 0.1) is 0 Å². The molecule has 3 rings (SSSR count). The van der Waals surface area contributed by atoms with E-state index in [1.807, 2.05) is 18.2 Å². The summed E-state index contributed by atoms with van der Waals surface area (Å²) in [5.41, 5.74) is 1.36. The zero-order chi connectivity index (χ0) is 16.1. The quantitative estimate of drug-likeness (QED) is 0.696. The van der Waals surface area contributed by atoms with Crippen LogP contribution in [-0.2, 0) is 0 Å². The Bertz CT molecular complexity index is 745. The van der Waals surface area contributed by atoms with Gasteiger partial charge in [0, 0.05) is 15.6 Å². The largest absolute Gasteiger partial charge is 0.318 e. The van der Waals surface area contributed by atoms with Crippen molar-refractivity contribution < 1.29 is 0 Å². The molecule has 0 unspecified atom stereocenters. The van der Waals surface area contributed by atoms with Gasteiger partial charge in [-0.25, -0.2) is 4.98 Å². The van der Waals surface area contributed by atoms with Crippen molar-refractivity contribution >= 4 is 50.4 Å². The average molecular weight is 406 g/mol. The first-order chi connectivity index (χ1) is 11.2. The second kappa shape index (κ2) is 8.04. The van der Waals surface area contributed by atoms with Gasteiger partial charge in [-0.1, -0.05) is 48.6 Å². The molecule has 1 N–H and O–H groups in total. The average Bonchev–Trinajstić information content (AvgIpc) is 2.59. The van der Waals surface area contributed by atoms with Gasteiger partial charge in [-0.3, -0.25) is 4.99 Å². The van der Waals surface area contributed by atoms with E-state index in [2.05, 4.69) is 61.8 Å². The van der Waals surface area contributed by atoms with Crippen molar-refractivity contribution in [3.8, 4) is 0 Å². The highest BCUT2D eigenvalue weighted by atomic mass is 79.9. The van der Waals surface area contributed by atoms with E-state index in [-0.39, 0.29) is 0 Å². The minimum absolute atomic E-state index is 0.767. The van der Waals surface area contributed by atoms with Gasteiger partial charge in [-0.2, -0.15) is 0 Å². The van der Waals surface area contributed by atoms with Gasteiger partial charge >= 0.3 is 0 Å². The molecule has 1 aromatic carbocycles. The predicted octanol–water partition coefficient (Wildman–Crippen LogP) is 5.80. The number of benzene rings is 1. The minimum Gasteiger partial charge on any atom is -0.318 e. The van der Waals surface area contributed by atoms with Crippen molar-refractivity contribution in [2.75, 3.05) is 11.9 Å². The summed E-state index contributed by atoms with van der Waals surface area (Å²) in [6.45, 7) is 2.93. The standard InChI is InChI=1S/C17H16BrN3S2/c1-2-12-9-20-17(22-11-12)21-16-15(8-13(18)10-19-16)23-14-6-4-3-5-7-14/h3-8,10-11H,2,9H2,1H3,(H,19,20,21). The molecule has 1 aliphatic rings. The molecule has 0 atom stereocenters. The number of hydrogen-bond donors (Lipinski definition) is 1. The number of halogens is 1. The number of aliphatic imine (C=N–C) groups is 1. The topological polar surface area (TPSA) is 37.3 Å². The fourth-order valence-electron chi connectivity index (χ4n) is 1.96. The molecule has 2 aromatic rings. The molecule has 0 saturated carbocycles. The molecule has 0 spiro atoms. The van der Waals surface area contributed by atoms with Crippen LogP contribution in [0.2, 0.25) is 0 Å². The molecule has 118 valence electrons. The van der Waals surface area contributed by atoms with E-state index in [0.29, 0.717) is 0 Å². The molecule has 0 saturated heterocycles. The van der Waals surface area contributed by atoms with Gasteiger partial charge in [0.1, 0.15) is 5.82 Å². The molecule has 0 radical (unpaired) electrons.